The molecular formula is C14H20BrN3O. The van der Waals surface area contributed by atoms with E-state index in [2.05, 4.69) is 45.4 Å². The molecule has 1 heterocycles. The van der Waals surface area contributed by atoms with Gasteiger partial charge in [-0.05, 0) is 41.0 Å². The van der Waals surface area contributed by atoms with Crippen LogP contribution in [0.25, 0.3) is 0 Å². The highest BCUT2D eigenvalue weighted by Gasteiger charge is 2.30. The predicted molar refractivity (Wildman–Crippen MR) is 82.8 cm³/mol. The second-order valence-electron chi connectivity index (χ2n) is 4.79. The molecule has 0 fully saturated rings. The Balaban J connectivity index is 2.35. The van der Waals surface area contributed by atoms with Crippen molar-refractivity contribution in [2.24, 2.45) is 0 Å². The van der Waals surface area contributed by atoms with Crippen LogP contribution in [-0.4, -0.2) is 26.0 Å². The van der Waals surface area contributed by atoms with E-state index < -0.39 is 0 Å². The van der Waals surface area contributed by atoms with E-state index >= 15 is 0 Å². The monoisotopic (exact) mass is 325 g/mol. The Kier molecular flexibility index (Phi) is 4.47. The van der Waals surface area contributed by atoms with Crippen molar-refractivity contribution in [3.63, 3.8) is 0 Å². The number of hydrogen-bond donors (Lipinski definition) is 2. The number of carbonyl (C=O) groups excluding carboxylic acids is 1. The summed E-state index contributed by atoms with van der Waals surface area (Å²) in [5.41, 5.74) is 3.04. The Morgan fingerprint density at radius 1 is 1.42 bits per heavy atom. The molecule has 2 rings (SSSR count). The molecule has 4 nitrogen and oxygen atoms in total. The van der Waals surface area contributed by atoms with E-state index in [-0.39, 0.29) is 11.9 Å². The van der Waals surface area contributed by atoms with Crippen LogP contribution in [0.1, 0.15) is 31.9 Å². The Labute approximate surface area is 122 Å². The Morgan fingerprint density at radius 3 is 2.79 bits per heavy atom. The first kappa shape index (κ1) is 14.3. The lowest BCUT2D eigenvalue weighted by molar-refractivity contribution is -0.117. The van der Waals surface area contributed by atoms with Gasteiger partial charge in [-0.3, -0.25) is 4.79 Å². The van der Waals surface area contributed by atoms with Gasteiger partial charge in [-0.15, -0.1) is 0 Å². The van der Waals surface area contributed by atoms with Crippen molar-refractivity contribution in [1.82, 2.24) is 5.32 Å². The summed E-state index contributed by atoms with van der Waals surface area (Å²) in [5.74, 6) is 0.0269. The van der Waals surface area contributed by atoms with Crippen LogP contribution in [0.4, 0.5) is 11.4 Å². The highest BCUT2D eigenvalue weighted by molar-refractivity contribution is 9.10. The second kappa shape index (κ2) is 5.92. The molecule has 1 unspecified atom stereocenters. The number of hydrogen-bond acceptors (Lipinski definition) is 3. The van der Waals surface area contributed by atoms with Crippen LogP contribution in [-0.2, 0) is 4.79 Å². The fourth-order valence-corrected chi connectivity index (χ4v) is 3.09. The van der Waals surface area contributed by atoms with Gasteiger partial charge in [-0.25, -0.2) is 0 Å². The molecule has 0 saturated heterocycles. The van der Waals surface area contributed by atoms with Crippen LogP contribution < -0.4 is 15.5 Å². The van der Waals surface area contributed by atoms with Crippen molar-refractivity contribution >= 4 is 33.2 Å². The van der Waals surface area contributed by atoms with Gasteiger partial charge in [0, 0.05) is 29.3 Å². The molecule has 1 aromatic rings. The largest absolute Gasteiger partial charge is 0.374 e. The first-order valence-corrected chi connectivity index (χ1v) is 7.46. The van der Waals surface area contributed by atoms with Crippen LogP contribution >= 0.6 is 15.9 Å². The molecule has 19 heavy (non-hydrogen) atoms. The number of halogens is 1. The molecule has 0 bridgehead atoms. The molecule has 1 atom stereocenters. The average Bonchev–Trinajstić information content (AvgIpc) is 2.66. The Bertz CT molecular complexity index is 490. The molecule has 0 radical (unpaired) electrons. The van der Waals surface area contributed by atoms with Gasteiger partial charge < -0.3 is 15.5 Å². The maximum atomic E-state index is 11.9. The number of nitrogens with zero attached hydrogens (tertiary/aromatic N) is 1. The van der Waals surface area contributed by atoms with Gasteiger partial charge in [0.05, 0.1) is 5.69 Å². The molecule has 0 spiro atoms. The van der Waals surface area contributed by atoms with Gasteiger partial charge in [0.25, 0.3) is 0 Å². The van der Waals surface area contributed by atoms with Crippen molar-refractivity contribution in [2.75, 3.05) is 30.4 Å². The number of likely N-dealkylation sites (N-methyl/N-ethyl adjacent to an activating group) is 1. The quantitative estimate of drug-likeness (QED) is 0.874. The van der Waals surface area contributed by atoms with Gasteiger partial charge in [-0.2, -0.15) is 0 Å². The zero-order valence-corrected chi connectivity index (χ0v) is 13.2. The molecular weight excluding hydrogens is 306 g/mol. The molecule has 104 valence electrons. The van der Waals surface area contributed by atoms with E-state index in [0.717, 1.165) is 40.9 Å². The summed E-state index contributed by atoms with van der Waals surface area (Å²) >= 11 is 3.61. The van der Waals surface area contributed by atoms with Crippen molar-refractivity contribution in [3.05, 3.63) is 22.2 Å². The SMILES string of the molecule is CCCN(C)c1cc2c(cc1Br)C(NCC)C(=O)N2. The molecule has 5 heteroatoms. The number of amides is 1. The first-order chi connectivity index (χ1) is 9.08. The number of rotatable bonds is 5. The maximum Gasteiger partial charge on any atom is 0.246 e. The topological polar surface area (TPSA) is 44.4 Å². The molecule has 2 N–H and O–H groups in total. The zero-order valence-electron chi connectivity index (χ0n) is 11.6. The van der Waals surface area contributed by atoms with E-state index in [0.29, 0.717) is 0 Å². The van der Waals surface area contributed by atoms with Crippen LogP contribution in [0, 0.1) is 0 Å². The number of nitrogens with one attached hydrogen (secondary N) is 2. The second-order valence-corrected chi connectivity index (χ2v) is 5.65. The summed E-state index contributed by atoms with van der Waals surface area (Å²) in [6, 6.07) is 3.86. The molecule has 0 aromatic heterocycles. The average molecular weight is 326 g/mol. The lowest BCUT2D eigenvalue weighted by Crippen LogP contribution is -2.27. The van der Waals surface area contributed by atoms with E-state index in [1.54, 1.807) is 0 Å². The molecule has 1 aliphatic rings. The third-order valence-electron chi connectivity index (χ3n) is 3.33. The Hall–Kier alpha value is -1.07. The fraction of sp³-hybridized carbons (Fsp3) is 0.500. The van der Waals surface area contributed by atoms with Crippen LogP contribution in [0.2, 0.25) is 0 Å². The van der Waals surface area contributed by atoms with E-state index in [1.807, 2.05) is 19.1 Å². The van der Waals surface area contributed by atoms with Crippen molar-refractivity contribution in [1.29, 1.82) is 0 Å². The number of fused-ring (bicyclic) bond motifs is 1. The van der Waals surface area contributed by atoms with Crippen LogP contribution in [0.5, 0.6) is 0 Å². The summed E-state index contributed by atoms with van der Waals surface area (Å²) in [6.45, 7) is 5.92. The standard InChI is InChI=1S/C14H20BrN3O/c1-4-6-18(3)12-8-11-9(7-10(12)15)13(16-5-2)14(19)17-11/h7-8,13,16H,4-6H2,1-3H3,(H,17,19). The summed E-state index contributed by atoms with van der Waals surface area (Å²) in [4.78, 5) is 14.1. The highest BCUT2D eigenvalue weighted by atomic mass is 79.9. The first-order valence-electron chi connectivity index (χ1n) is 6.67. The number of carbonyl (C=O) groups is 1. The summed E-state index contributed by atoms with van der Waals surface area (Å²) < 4.78 is 1.03. The van der Waals surface area contributed by atoms with E-state index in [4.69, 9.17) is 0 Å². The molecule has 0 saturated carbocycles. The van der Waals surface area contributed by atoms with E-state index in [1.165, 1.54) is 0 Å². The summed E-state index contributed by atoms with van der Waals surface area (Å²) in [5, 5.41) is 6.15. The highest BCUT2D eigenvalue weighted by Crippen LogP contribution is 2.38. The van der Waals surface area contributed by atoms with Gasteiger partial charge >= 0.3 is 0 Å². The van der Waals surface area contributed by atoms with Gasteiger partial charge in [-0.1, -0.05) is 13.8 Å². The minimum Gasteiger partial charge on any atom is -0.374 e. The smallest absolute Gasteiger partial charge is 0.246 e. The third-order valence-corrected chi connectivity index (χ3v) is 3.96. The number of benzene rings is 1. The van der Waals surface area contributed by atoms with Gasteiger partial charge in [0.15, 0.2) is 0 Å². The van der Waals surface area contributed by atoms with Crippen molar-refractivity contribution in [3.8, 4) is 0 Å². The fourth-order valence-electron chi connectivity index (χ4n) is 2.43. The molecule has 1 aliphatic heterocycles. The molecule has 1 aromatic carbocycles. The van der Waals surface area contributed by atoms with Crippen LogP contribution in [0.15, 0.2) is 16.6 Å². The van der Waals surface area contributed by atoms with Gasteiger partial charge in [0.1, 0.15) is 6.04 Å². The lowest BCUT2D eigenvalue weighted by Gasteiger charge is -2.21. The molecule has 0 aliphatic carbocycles. The minimum atomic E-state index is -0.234. The Morgan fingerprint density at radius 2 is 2.16 bits per heavy atom. The third kappa shape index (κ3) is 2.77. The van der Waals surface area contributed by atoms with Crippen LogP contribution in [0.3, 0.4) is 0 Å². The maximum absolute atomic E-state index is 11.9. The summed E-state index contributed by atoms with van der Waals surface area (Å²) in [6.07, 6.45) is 1.09. The van der Waals surface area contributed by atoms with Crippen molar-refractivity contribution in [2.45, 2.75) is 26.3 Å². The minimum absolute atomic E-state index is 0.0269. The van der Waals surface area contributed by atoms with Gasteiger partial charge in [0.2, 0.25) is 5.91 Å². The zero-order chi connectivity index (χ0) is 14.0. The normalized spacial score (nSPS) is 17.3. The lowest BCUT2D eigenvalue weighted by atomic mass is 10.1. The summed E-state index contributed by atoms with van der Waals surface area (Å²) in [7, 11) is 2.06. The molecule has 1 amide bonds. The van der Waals surface area contributed by atoms with Crippen molar-refractivity contribution < 1.29 is 4.79 Å². The van der Waals surface area contributed by atoms with E-state index in [9.17, 15) is 4.79 Å². The predicted octanol–water partition coefficient (Wildman–Crippen LogP) is 2.90. The number of anilines is 2.